The summed E-state index contributed by atoms with van der Waals surface area (Å²) in [6, 6.07) is 7.77. The molecule has 1 aliphatic rings. The van der Waals surface area contributed by atoms with Gasteiger partial charge < -0.3 is 15.2 Å². The Morgan fingerprint density at radius 1 is 1.35 bits per heavy atom. The molecular weight excluding hydrogens is 272 g/mol. The Bertz CT molecular complexity index is 471. The van der Waals surface area contributed by atoms with Crippen LogP contribution in [-0.2, 0) is 4.74 Å². The van der Waals surface area contributed by atoms with E-state index >= 15 is 0 Å². The van der Waals surface area contributed by atoms with Crippen LogP contribution in [0.3, 0.4) is 0 Å². The minimum atomic E-state index is -0.116. The topological polar surface area (TPSA) is 47.7 Å². The molecule has 1 saturated heterocycles. The second-order valence-corrected chi connectivity index (χ2v) is 5.73. The lowest BCUT2D eigenvalue weighted by Crippen LogP contribution is -2.49. The predicted octanol–water partition coefficient (Wildman–Crippen LogP) is 2.13. The summed E-state index contributed by atoms with van der Waals surface area (Å²) in [6.45, 7) is 5.76. The molecule has 110 valence electrons. The van der Waals surface area contributed by atoms with E-state index in [1.165, 1.54) is 0 Å². The van der Waals surface area contributed by atoms with E-state index < -0.39 is 0 Å². The van der Waals surface area contributed by atoms with E-state index in [1.54, 1.807) is 7.11 Å². The first-order chi connectivity index (χ1) is 9.52. The molecule has 1 aromatic carbocycles. The van der Waals surface area contributed by atoms with Crippen LogP contribution in [0.25, 0.3) is 0 Å². The normalized spacial score (nSPS) is 25.1. The lowest BCUT2D eigenvalue weighted by Gasteiger charge is -2.40. The van der Waals surface area contributed by atoms with E-state index in [2.05, 4.69) is 18.7 Å². The van der Waals surface area contributed by atoms with Crippen molar-refractivity contribution in [2.45, 2.75) is 32.1 Å². The zero-order chi connectivity index (χ0) is 14.7. The van der Waals surface area contributed by atoms with Crippen LogP contribution < -0.4 is 10.5 Å². The number of methoxy groups -OCH3 is 1. The fraction of sp³-hybridized carbons (Fsp3) is 0.533. The van der Waals surface area contributed by atoms with Gasteiger partial charge in [0, 0.05) is 18.7 Å². The Hall–Kier alpha value is -1.17. The molecule has 0 radical (unpaired) electrons. The molecule has 2 N–H and O–H groups in total. The molecule has 3 atom stereocenters. The fourth-order valence-electron chi connectivity index (χ4n) is 2.85. The molecule has 0 aliphatic carbocycles. The monoisotopic (exact) mass is 294 g/mol. The van der Waals surface area contributed by atoms with Gasteiger partial charge in [-0.05, 0) is 19.9 Å². The number of thiocarbonyl (C=S) groups is 1. The van der Waals surface area contributed by atoms with Gasteiger partial charge in [0.05, 0.1) is 30.3 Å². The Morgan fingerprint density at radius 2 is 1.95 bits per heavy atom. The van der Waals surface area contributed by atoms with Crippen molar-refractivity contribution in [1.82, 2.24) is 4.90 Å². The van der Waals surface area contributed by atoms with E-state index in [0.29, 0.717) is 4.99 Å². The van der Waals surface area contributed by atoms with E-state index in [1.807, 2.05) is 24.3 Å². The van der Waals surface area contributed by atoms with Crippen LogP contribution in [0.2, 0.25) is 0 Å². The molecule has 0 saturated carbocycles. The van der Waals surface area contributed by atoms with Crippen LogP contribution in [0, 0.1) is 0 Å². The van der Waals surface area contributed by atoms with Crippen molar-refractivity contribution < 1.29 is 9.47 Å². The number of benzene rings is 1. The second-order valence-electron chi connectivity index (χ2n) is 5.26. The largest absolute Gasteiger partial charge is 0.496 e. The van der Waals surface area contributed by atoms with Crippen molar-refractivity contribution in [3.8, 4) is 5.75 Å². The van der Waals surface area contributed by atoms with Crippen LogP contribution in [0.1, 0.15) is 25.5 Å². The second kappa shape index (κ2) is 6.52. The van der Waals surface area contributed by atoms with Gasteiger partial charge in [-0.3, -0.25) is 4.90 Å². The number of hydrogen-bond donors (Lipinski definition) is 1. The predicted molar refractivity (Wildman–Crippen MR) is 84.1 cm³/mol. The lowest BCUT2D eigenvalue weighted by atomic mass is 10.0. The minimum absolute atomic E-state index is 0.116. The van der Waals surface area contributed by atoms with Gasteiger partial charge >= 0.3 is 0 Å². The summed E-state index contributed by atoms with van der Waals surface area (Å²) in [5.41, 5.74) is 7.02. The third kappa shape index (κ3) is 3.29. The van der Waals surface area contributed by atoms with E-state index in [9.17, 15) is 0 Å². The molecule has 1 fully saturated rings. The maximum atomic E-state index is 6.01. The summed E-state index contributed by atoms with van der Waals surface area (Å²) >= 11 is 5.30. The van der Waals surface area contributed by atoms with Gasteiger partial charge in [-0.2, -0.15) is 0 Å². The van der Waals surface area contributed by atoms with Crippen molar-refractivity contribution >= 4 is 17.2 Å². The molecule has 0 aromatic heterocycles. The molecule has 3 unspecified atom stereocenters. The van der Waals surface area contributed by atoms with Crippen LogP contribution >= 0.6 is 12.2 Å². The third-order valence-corrected chi connectivity index (χ3v) is 3.74. The van der Waals surface area contributed by atoms with Crippen molar-refractivity contribution in [3.05, 3.63) is 29.8 Å². The number of ether oxygens (including phenoxy) is 2. The molecule has 2 rings (SSSR count). The van der Waals surface area contributed by atoms with Gasteiger partial charge in [0.25, 0.3) is 0 Å². The Balaban J connectivity index is 2.33. The maximum Gasteiger partial charge on any atom is 0.124 e. The van der Waals surface area contributed by atoms with Gasteiger partial charge in [-0.25, -0.2) is 0 Å². The zero-order valence-corrected chi connectivity index (χ0v) is 13.0. The van der Waals surface area contributed by atoms with Crippen molar-refractivity contribution in [1.29, 1.82) is 0 Å². The lowest BCUT2D eigenvalue weighted by molar-refractivity contribution is -0.0738. The summed E-state index contributed by atoms with van der Waals surface area (Å²) in [5.74, 6) is 0.817. The number of nitrogens with zero attached hydrogens (tertiary/aromatic N) is 1. The smallest absolute Gasteiger partial charge is 0.124 e. The highest BCUT2D eigenvalue weighted by Crippen LogP contribution is 2.31. The molecule has 20 heavy (non-hydrogen) atoms. The van der Waals surface area contributed by atoms with Gasteiger partial charge in [-0.1, -0.05) is 30.4 Å². The first-order valence-electron chi connectivity index (χ1n) is 6.84. The summed E-state index contributed by atoms with van der Waals surface area (Å²) in [6.07, 6.45) is 0.343. The van der Waals surface area contributed by atoms with Gasteiger partial charge in [0.2, 0.25) is 0 Å². The van der Waals surface area contributed by atoms with Gasteiger partial charge in [-0.15, -0.1) is 0 Å². The Morgan fingerprint density at radius 3 is 2.50 bits per heavy atom. The van der Waals surface area contributed by atoms with Crippen molar-refractivity contribution in [2.75, 3.05) is 20.2 Å². The highest BCUT2D eigenvalue weighted by Gasteiger charge is 2.31. The molecular formula is C15H22N2O2S. The van der Waals surface area contributed by atoms with Gasteiger partial charge in [0.15, 0.2) is 0 Å². The molecule has 0 spiro atoms. The molecule has 5 heteroatoms. The number of nitrogens with two attached hydrogens (primary N) is 1. The average molecular weight is 294 g/mol. The van der Waals surface area contributed by atoms with Crippen LogP contribution in [0.5, 0.6) is 5.75 Å². The molecule has 0 amide bonds. The zero-order valence-electron chi connectivity index (χ0n) is 12.2. The molecule has 1 heterocycles. The SMILES string of the molecule is COc1ccccc1C(C(N)=S)N1CC(C)OC(C)C1. The van der Waals surface area contributed by atoms with Crippen LogP contribution in [-0.4, -0.2) is 42.3 Å². The summed E-state index contributed by atoms with van der Waals surface area (Å²) < 4.78 is 11.2. The van der Waals surface area contributed by atoms with Crippen LogP contribution in [0.4, 0.5) is 0 Å². The Kier molecular flexibility index (Phi) is 4.96. The van der Waals surface area contributed by atoms with E-state index in [0.717, 1.165) is 24.4 Å². The number of para-hydroxylation sites is 1. The first-order valence-corrected chi connectivity index (χ1v) is 7.25. The summed E-state index contributed by atoms with van der Waals surface area (Å²) in [7, 11) is 1.67. The van der Waals surface area contributed by atoms with E-state index in [-0.39, 0.29) is 18.2 Å². The highest BCUT2D eigenvalue weighted by molar-refractivity contribution is 7.80. The molecule has 1 aliphatic heterocycles. The van der Waals surface area contributed by atoms with Crippen molar-refractivity contribution in [2.24, 2.45) is 5.73 Å². The minimum Gasteiger partial charge on any atom is -0.496 e. The summed E-state index contributed by atoms with van der Waals surface area (Å²) in [4.78, 5) is 2.75. The fourth-order valence-corrected chi connectivity index (χ4v) is 3.13. The van der Waals surface area contributed by atoms with Crippen molar-refractivity contribution in [3.63, 3.8) is 0 Å². The van der Waals surface area contributed by atoms with Crippen LogP contribution in [0.15, 0.2) is 24.3 Å². The maximum absolute atomic E-state index is 6.01. The first kappa shape index (κ1) is 15.2. The third-order valence-electron chi connectivity index (χ3n) is 3.52. The highest BCUT2D eigenvalue weighted by atomic mass is 32.1. The molecule has 0 bridgehead atoms. The molecule has 1 aromatic rings. The Labute approximate surface area is 125 Å². The van der Waals surface area contributed by atoms with Gasteiger partial charge in [0.1, 0.15) is 5.75 Å². The summed E-state index contributed by atoms with van der Waals surface area (Å²) in [5, 5.41) is 0. The number of hydrogen-bond acceptors (Lipinski definition) is 4. The quantitative estimate of drug-likeness (QED) is 0.862. The van der Waals surface area contributed by atoms with E-state index in [4.69, 9.17) is 27.4 Å². The molecule has 4 nitrogen and oxygen atoms in total. The standard InChI is InChI=1S/C15H22N2O2S/c1-10-8-17(9-11(2)19-10)14(15(16)20)12-6-4-5-7-13(12)18-3/h4-7,10-11,14H,8-9H2,1-3H3,(H2,16,20). The average Bonchev–Trinajstić information content (AvgIpc) is 2.38. The number of morpholine rings is 1. The number of rotatable bonds is 4.